The van der Waals surface area contributed by atoms with Gasteiger partial charge in [-0.1, -0.05) is 0 Å². The van der Waals surface area contributed by atoms with Crippen LogP contribution in [0.3, 0.4) is 0 Å². The Bertz CT molecular complexity index is 317. The highest BCUT2D eigenvalue weighted by atomic mass is 32.2. The lowest BCUT2D eigenvalue weighted by Crippen LogP contribution is -2.17. The average Bonchev–Trinajstić information content (AvgIpc) is 2.12. The van der Waals surface area contributed by atoms with Crippen molar-refractivity contribution in [3.63, 3.8) is 0 Å². The van der Waals surface area contributed by atoms with Gasteiger partial charge >= 0.3 is 20.7 Å². The van der Waals surface area contributed by atoms with E-state index in [1.165, 1.54) is 0 Å². The molecule has 1 saturated heterocycles. The van der Waals surface area contributed by atoms with Gasteiger partial charge in [-0.25, -0.2) is 9.56 Å². The standard InChI is InChI=1S/C6H13NO6P2S/c8-14(9,10)6(15(11,12)13)7-5-1-3-16-4-2-5/h5,8-10H,1-4H2,(H-,11,12,13)/p+1. The van der Waals surface area contributed by atoms with E-state index in [2.05, 4.69) is 4.99 Å². The Morgan fingerprint density at radius 2 is 1.75 bits per heavy atom. The number of hydrogen-bond donors (Lipinski definition) is 5. The summed E-state index contributed by atoms with van der Waals surface area (Å²) in [6.45, 7) is 0. The normalized spacial score (nSPS) is 21.2. The Kier molecular flexibility index (Phi) is 4.92. The molecular weight excluding hydrogens is 276 g/mol. The van der Waals surface area contributed by atoms with E-state index in [1.54, 1.807) is 11.8 Å². The molecule has 1 fully saturated rings. The van der Waals surface area contributed by atoms with Gasteiger partial charge in [0.05, 0.1) is 6.04 Å². The molecule has 5 N–H and O–H groups in total. The second kappa shape index (κ2) is 5.42. The van der Waals surface area contributed by atoms with Gasteiger partial charge in [0.25, 0.3) is 0 Å². The fraction of sp³-hybridized carbons (Fsp3) is 0.833. The third-order valence-corrected chi connectivity index (χ3v) is 5.94. The molecule has 16 heavy (non-hydrogen) atoms. The Labute approximate surface area is 97.4 Å². The number of hydrogen-bond acceptors (Lipinski definition) is 6. The average molecular weight is 290 g/mol. The van der Waals surface area contributed by atoms with Crippen LogP contribution in [0.15, 0.2) is 4.99 Å². The Hall–Kier alpha value is 0.480. The van der Waals surface area contributed by atoms with Gasteiger partial charge in [0.1, 0.15) is 0 Å². The first-order valence-corrected chi connectivity index (χ1v) is 8.92. The van der Waals surface area contributed by atoms with E-state index < -0.39 is 20.7 Å². The zero-order valence-corrected chi connectivity index (χ0v) is 10.9. The summed E-state index contributed by atoms with van der Waals surface area (Å²) in [5.74, 6) is 1.60. The van der Waals surface area contributed by atoms with Crippen LogP contribution in [0.5, 0.6) is 0 Å². The van der Waals surface area contributed by atoms with Crippen LogP contribution in [0.4, 0.5) is 0 Å². The van der Waals surface area contributed by atoms with Crippen molar-refractivity contribution in [2.24, 2.45) is 4.99 Å². The quantitative estimate of drug-likeness (QED) is 0.369. The van der Waals surface area contributed by atoms with E-state index in [1.807, 2.05) is 0 Å². The topological polar surface area (TPSA) is 131 Å². The molecule has 94 valence electrons. The van der Waals surface area contributed by atoms with Gasteiger partial charge < -0.3 is 9.79 Å². The molecule has 1 aliphatic heterocycles. The van der Waals surface area contributed by atoms with E-state index in [-0.39, 0.29) is 6.04 Å². The van der Waals surface area contributed by atoms with Gasteiger partial charge in [-0.05, 0) is 24.3 Å². The number of aliphatic imine (C=N–C) groups is 1. The molecule has 0 aromatic rings. The third-order valence-electron chi connectivity index (χ3n) is 2.02. The van der Waals surface area contributed by atoms with Crippen molar-refractivity contribution >= 4 is 32.5 Å². The predicted molar refractivity (Wildman–Crippen MR) is 63.4 cm³/mol. The molecule has 1 heterocycles. The van der Waals surface area contributed by atoms with Crippen LogP contribution >= 0.6 is 27.3 Å². The zero-order valence-electron chi connectivity index (χ0n) is 8.30. The number of thioether (sulfide) groups is 1. The Balaban J connectivity index is 2.92. The van der Waals surface area contributed by atoms with Crippen LogP contribution in [0, 0.1) is 0 Å². The lowest BCUT2D eigenvalue weighted by molar-refractivity contribution is 0.348. The van der Waals surface area contributed by atoms with Crippen molar-refractivity contribution in [3.05, 3.63) is 0 Å². The molecule has 0 atom stereocenters. The monoisotopic (exact) mass is 290 g/mol. The Morgan fingerprint density at radius 3 is 2.12 bits per heavy atom. The van der Waals surface area contributed by atoms with Gasteiger partial charge in [-0.3, -0.25) is 0 Å². The lowest BCUT2D eigenvalue weighted by atomic mass is 10.2. The van der Waals surface area contributed by atoms with E-state index >= 15 is 0 Å². The summed E-state index contributed by atoms with van der Waals surface area (Å²) in [5.41, 5.74) is 0. The van der Waals surface area contributed by atoms with Crippen molar-refractivity contribution in [1.82, 2.24) is 0 Å². The van der Waals surface area contributed by atoms with Crippen molar-refractivity contribution in [2.75, 3.05) is 11.5 Å². The first kappa shape index (κ1) is 14.5. The van der Waals surface area contributed by atoms with Crippen molar-refractivity contribution < 1.29 is 29.0 Å². The van der Waals surface area contributed by atoms with Crippen LogP contribution in [-0.2, 0) is 4.57 Å². The molecule has 1 rings (SSSR count). The molecule has 0 aromatic heterocycles. The van der Waals surface area contributed by atoms with Gasteiger partial charge in [0, 0.05) is 0 Å². The molecule has 1 aliphatic rings. The second-order valence-corrected chi connectivity index (χ2v) is 8.03. The smallest absolute Gasteiger partial charge is 0.317 e. The molecular formula is C6H14NO6P2S+. The molecule has 0 radical (unpaired) electrons. The highest BCUT2D eigenvalue weighted by Gasteiger charge is 2.52. The fourth-order valence-corrected chi connectivity index (χ4v) is 4.42. The molecule has 0 spiro atoms. The third kappa shape index (κ3) is 4.39. The first-order valence-electron chi connectivity index (χ1n) is 4.51. The molecule has 7 nitrogen and oxygen atoms in total. The maximum absolute atomic E-state index is 11.0. The lowest BCUT2D eigenvalue weighted by Gasteiger charge is -2.18. The van der Waals surface area contributed by atoms with E-state index in [9.17, 15) is 4.57 Å². The van der Waals surface area contributed by atoms with Gasteiger partial charge in [0.2, 0.25) is 0 Å². The summed E-state index contributed by atoms with van der Waals surface area (Å²) in [6, 6.07) is -0.366. The fourth-order valence-electron chi connectivity index (χ4n) is 1.30. The Morgan fingerprint density at radius 1 is 1.25 bits per heavy atom. The molecule has 0 aliphatic carbocycles. The van der Waals surface area contributed by atoms with Crippen LogP contribution in [0.2, 0.25) is 0 Å². The molecule has 0 bridgehead atoms. The number of rotatable bonds is 3. The highest BCUT2D eigenvalue weighted by Crippen LogP contribution is 2.60. The van der Waals surface area contributed by atoms with E-state index in [4.69, 9.17) is 24.5 Å². The minimum atomic E-state index is -4.92. The van der Waals surface area contributed by atoms with Gasteiger partial charge in [0.15, 0.2) is 0 Å². The summed E-state index contributed by atoms with van der Waals surface area (Å²) in [4.78, 5) is 48.2. The van der Waals surface area contributed by atoms with Gasteiger partial charge in [-0.15, -0.1) is 0 Å². The molecule has 0 aromatic carbocycles. The maximum atomic E-state index is 11.0. The highest BCUT2D eigenvalue weighted by molar-refractivity contribution is 8.00. The van der Waals surface area contributed by atoms with Crippen LogP contribution in [-0.4, -0.2) is 47.2 Å². The molecule has 0 unspecified atom stereocenters. The van der Waals surface area contributed by atoms with Crippen LogP contribution in [0.25, 0.3) is 0 Å². The molecule has 0 amide bonds. The van der Waals surface area contributed by atoms with E-state index in [0.29, 0.717) is 12.8 Å². The summed E-state index contributed by atoms with van der Waals surface area (Å²) in [7, 11) is -9.66. The number of nitrogens with zero attached hydrogens (tertiary/aromatic N) is 1. The minimum Gasteiger partial charge on any atom is -0.317 e. The first-order chi connectivity index (χ1) is 7.21. The largest absolute Gasteiger partial charge is 0.469 e. The van der Waals surface area contributed by atoms with Crippen molar-refractivity contribution in [1.29, 1.82) is 0 Å². The van der Waals surface area contributed by atoms with Crippen LogP contribution in [0.1, 0.15) is 12.8 Å². The van der Waals surface area contributed by atoms with Gasteiger partial charge in [-0.2, -0.15) is 26.4 Å². The summed E-state index contributed by atoms with van der Waals surface area (Å²) in [5, 5.41) is -1.17. The SMILES string of the molecule is O=P(O)(O)C(=NC1CCSCC1)[P+](O)(O)O. The molecule has 10 heteroatoms. The predicted octanol–water partition coefficient (Wildman–Crippen LogP) is 0.155. The minimum absolute atomic E-state index is 0.366. The van der Waals surface area contributed by atoms with E-state index in [0.717, 1.165) is 11.5 Å². The summed E-state index contributed by atoms with van der Waals surface area (Å²) < 4.78 is 11.0. The van der Waals surface area contributed by atoms with Crippen molar-refractivity contribution in [2.45, 2.75) is 18.9 Å². The molecule has 0 saturated carbocycles. The second-order valence-electron chi connectivity index (χ2n) is 3.39. The summed E-state index contributed by atoms with van der Waals surface area (Å²) >= 11 is 1.70. The zero-order chi connectivity index (χ0) is 12.4. The maximum Gasteiger partial charge on any atom is 0.469 e. The van der Waals surface area contributed by atoms with Crippen LogP contribution < -0.4 is 0 Å². The van der Waals surface area contributed by atoms with Crippen molar-refractivity contribution in [3.8, 4) is 0 Å². The summed E-state index contributed by atoms with van der Waals surface area (Å²) in [6.07, 6.45) is 1.21.